The normalized spacial score (nSPS) is 12.2. The molecule has 0 N–H and O–H groups in total. The zero-order valence-corrected chi connectivity index (χ0v) is 27.4. The van der Waals surface area contributed by atoms with E-state index in [9.17, 15) is 10.1 Å². The van der Waals surface area contributed by atoms with Gasteiger partial charge in [0.25, 0.3) is 5.69 Å². The fourth-order valence-electron chi connectivity index (χ4n) is 5.70. The smallest absolute Gasteiger partial charge is 0.280 e. The van der Waals surface area contributed by atoms with E-state index in [2.05, 4.69) is 73.3 Å². The molecule has 8 nitrogen and oxygen atoms in total. The summed E-state index contributed by atoms with van der Waals surface area (Å²) in [5, 5.41) is 11.9. The van der Waals surface area contributed by atoms with Crippen molar-refractivity contribution >= 4 is 16.8 Å². The molecule has 0 fully saturated rings. The van der Waals surface area contributed by atoms with E-state index >= 15 is 0 Å². The number of allylic oxidation sites excluding steroid dienone is 1. The molecule has 0 spiro atoms. The van der Waals surface area contributed by atoms with Crippen molar-refractivity contribution in [1.82, 2.24) is 4.57 Å². The van der Waals surface area contributed by atoms with Gasteiger partial charge in [0.1, 0.15) is 24.2 Å². The summed E-state index contributed by atoms with van der Waals surface area (Å²) in [5.74, 6) is 2.09. The molecular formula is C39H40N2O6. The maximum absolute atomic E-state index is 11.9. The van der Waals surface area contributed by atoms with Gasteiger partial charge in [-0.2, -0.15) is 0 Å². The van der Waals surface area contributed by atoms with Gasteiger partial charge in [0.15, 0.2) is 11.5 Å². The first-order valence-corrected chi connectivity index (χ1v) is 15.6. The molecule has 47 heavy (non-hydrogen) atoms. The van der Waals surface area contributed by atoms with E-state index in [1.807, 2.05) is 42.5 Å². The third-order valence-electron chi connectivity index (χ3n) is 8.06. The molecule has 1 atom stereocenters. The molecule has 1 heterocycles. The van der Waals surface area contributed by atoms with Gasteiger partial charge in [0.05, 0.1) is 37.3 Å². The Bertz CT molecular complexity index is 1830. The lowest BCUT2D eigenvalue weighted by molar-refractivity contribution is -0.386. The van der Waals surface area contributed by atoms with Crippen molar-refractivity contribution in [2.45, 2.75) is 39.8 Å². The van der Waals surface area contributed by atoms with Gasteiger partial charge in [-0.05, 0) is 90.1 Å². The fourth-order valence-corrected chi connectivity index (χ4v) is 5.70. The number of hydrogen-bond donors (Lipinski definition) is 0. The monoisotopic (exact) mass is 632 g/mol. The second-order valence-electron chi connectivity index (χ2n) is 11.2. The number of aryl methyl sites for hydroxylation is 1. The van der Waals surface area contributed by atoms with E-state index in [1.165, 1.54) is 31.4 Å². The molecule has 5 aromatic rings. The summed E-state index contributed by atoms with van der Waals surface area (Å²) in [7, 11) is 2.94. The van der Waals surface area contributed by atoms with Crippen molar-refractivity contribution in [3.8, 4) is 23.0 Å². The molecule has 0 aliphatic heterocycles. The van der Waals surface area contributed by atoms with E-state index in [0.29, 0.717) is 23.7 Å². The number of hydrogen-bond acceptors (Lipinski definition) is 6. The van der Waals surface area contributed by atoms with Gasteiger partial charge >= 0.3 is 0 Å². The van der Waals surface area contributed by atoms with Gasteiger partial charge in [0, 0.05) is 12.4 Å². The van der Waals surface area contributed by atoms with Crippen LogP contribution in [0.25, 0.3) is 11.1 Å². The Morgan fingerprint density at radius 1 is 0.830 bits per heavy atom. The van der Waals surface area contributed by atoms with Crippen LogP contribution in [0.15, 0.2) is 109 Å². The summed E-state index contributed by atoms with van der Waals surface area (Å²) in [6.07, 6.45) is 4.37. The summed E-state index contributed by atoms with van der Waals surface area (Å²) in [5.41, 5.74) is 7.10. The van der Waals surface area contributed by atoms with Crippen LogP contribution in [0, 0.1) is 17.0 Å². The summed E-state index contributed by atoms with van der Waals surface area (Å²) in [4.78, 5) is 11.4. The molecule has 4 aromatic carbocycles. The van der Waals surface area contributed by atoms with Crippen molar-refractivity contribution in [3.05, 3.63) is 147 Å². The van der Waals surface area contributed by atoms with Crippen LogP contribution in [0.2, 0.25) is 0 Å². The Hall–Kier alpha value is -5.50. The highest BCUT2D eigenvalue weighted by Crippen LogP contribution is 2.40. The molecule has 0 saturated heterocycles. The molecular weight excluding hydrogens is 592 g/mol. The third kappa shape index (κ3) is 7.84. The van der Waals surface area contributed by atoms with Crippen LogP contribution in [0.4, 0.5) is 5.69 Å². The first-order chi connectivity index (χ1) is 22.8. The minimum Gasteiger partial charge on any atom is -0.493 e. The van der Waals surface area contributed by atoms with Gasteiger partial charge in [0.2, 0.25) is 0 Å². The molecule has 0 saturated carbocycles. The first kappa shape index (κ1) is 32.9. The molecule has 1 aromatic heterocycles. The molecule has 8 heteroatoms. The van der Waals surface area contributed by atoms with Gasteiger partial charge in [-0.1, -0.05) is 61.5 Å². The summed E-state index contributed by atoms with van der Waals surface area (Å²) >= 11 is 0. The lowest BCUT2D eigenvalue weighted by Gasteiger charge is -2.19. The average Bonchev–Trinajstić information content (AvgIpc) is 3.52. The molecule has 242 valence electrons. The van der Waals surface area contributed by atoms with E-state index in [0.717, 1.165) is 41.0 Å². The summed E-state index contributed by atoms with van der Waals surface area (Å²) in [6.45, 7) is 7.38. The SMILES string of the molecule is CC/C(=C(/c1ccc(OCCn2ccc(C)c2)cc1)c1ccc(OC(C)c2cc(OC)c(OC)cc2[N+](=O)[O-])cc1)c1ccccc1. The van der Waals surface area contributed by atoms with Crippen molar-refractivity contribution in [1.29, 1.82) is 0 Å². The van der Waals surface area contributed by atoms with E-state index in [-0.39, 0.29) is 11.4 Å². The van der Waals surface area contributed by atoms with Crippen LogP contribution < -0.4 is 18.9 Å². The quantitative estimate of drug-likeness (QED) is 0.0689. The molecule has 0 aliphatic carbocycles. The van der Waals surface area contributed by atoms with Crippen molar-refractivity contribution in [2.75, 3.05) is 20.8 Å². The van der Waals surface area contributed by atoms with Crippen molar-refractivity contribution in [3.63, 3.8) is 0 Å². The molecule has 0 radical (unpaired) electrons. The Labute approximate surface area is 276 Å². The maximum Gasteiger partial charge on any atom is 0.280 e. The highest BCUT2D eigenvalue weighted by Gasteiger charge is 2.25. The lowest BCUT2D eigenvalue weighted by atomic mass is 9.88. The molecule has 0 bridgehead atoms. The number of nitro benzene ring substituents is 1. The number of methoxy groups -OCH3 is 2. The van der Waals surface area contributed by atoms with Crippen LogP contribution in [-0.4, -0.2) is 30.3 Å². The predicted molar refractivity (Wildman–Crippen MR) is 185 cm³/mol. The molecule has 5 rings (SSSR count). The van der Waals surface area contributed by atoms with Crippen LogP contribution in [0.1, 0.15) is 54.2 Å². The molecule has 0 amide bonds. The summed E-state index contributed by atoms with van der Waals surface area (Å²) < 4.78 is 25.1. The van der Waals surface area contributed by atoms with Crippen LogP contribution in [0.5, 0.6) is 23.0 Å². The Morgan fingerprint density at radius 2 is 1.45 bits per heavy atom. The van der Waals surface area contributed by atoms with Gasteiger partial charge in [-0.3, -0.25) is 10.1 Å². The van der Waals surface area contributed by atoms with E-state index < -0.39 is 11.0 Å². The number of nitro groups is 1. The van der Waals surface area contributed by atoms with Crippen LogP contribution in [-0.2, 0) is 6.54 Å². The second kappa shape index (κ2) is 15.2. The average molecular weight is 633 g/mol. The standard InChI is InChI=1S/C39H40N2O6/c1-6-34(29-10-8-7-9-11-29)39(30-12-16-32(17-13-30)46-23-22-40-21-20-27(2)26-40)31-14-18-33(19-15-31)47-28(3)35-24-37(44-4)38(45-5)25-36(35)41(42)43/h7-21,24-26,28H,6,22-23H2,1-5H3/b39-34+. The fraction of sp³-hybridized carbons (Fsp3) is 0.231. The Balaban J connectivity index is 1.42. The van der Waals surface area contributed by atoms with Crippen molar-refractivity contribution < 1.29 is 23.9 Å². The number of ether oxygens (including phenoxy) is 4. The number of benzene rings is 4. The van der Waals surface area contributed by atoms with Gasteiger partial charge < -0.3 is 23.5 Å². The number of rotatable bonds is 14. The van der Waals surface area contributed by atoms with Gasteiger partial charge in [-0.15, -0.1) is 0 Å². The van der Waals surface area contributed by atoms with Gasteiger partial charge in [-0.25, -0.2) is 0 Å². The van der Waals surface area contributed by atoms with Crippen molar-refractivity contribution in [2.24, 2.45) is 0 Å². The van der Waals surface area contributed by atoms with Crippen LogP contribution >= 0.6 is 0 Å². The topological polar surface area (TPSA) is 85.0 Å². The third-order valence-corrected chi connectivity index (χ3v) is 8.06. The molecule has 1 unspecified atom stereocenters. The second-order valence-corrected chi connectivity index (χ2v) is 11.2. The maximum atomic E-state index is 11.9. The molecule has 0 aliphatic rings. The Kier molecular flexibility index (Phi) is 10.6. The highest BCUT2D eigenvalue weighted by molar-refractivity contribution is 5.98. The number of aromatic nitrogens is 1. The van der Waals surface area contributed by atoms with E-state index in [4.69, 9.17) is 18.9 Å². The zero-order chi connectivity index (χ0) is 33.3. The minimum atomic E-state index is -0.624. The Morgan fingerprint density at radius 3 is 2.00 bits per heavy atom. The minimum absolute atomic E-state index is 0.0975. The predicted octanol–water partition coefficient (Wildman–Crippen LogP) is 9.31. The highest BCUT2D eigenvalue weighted by atomic mass is 16.6. The first-order valence-electron chi connectivity index (χ1n) is 15.6. The van der Waals surface area contributed by atoms with Crippen LogP contribution in [0.3, 0.4) is 0 Å². The summed E-state index contributed by atoms with van der Waals surface area (Å²) in [6, 6.07) is 31.5. The van der Waals surface area contributed by atoms with E-state index in [1.54, 1.807) is 13.0 Å². The lowest BCUT2D eigenvalue weighted by Crippen LogP contribution is -2.08. The largest absolute Gasteiger partial charge is 0.493 e. The zero-order valence-electron chi connectivity index (χ0n) is 27.4. The number of nitrogens with zero attached hydrogens (tertiary/aromatic N) is 2.